The average Bonchev–Trinajstić information content (AvgIpc) is 3.52. The number of anilines is 1. The molecule has 208 valence electrons. The van der Waals surface area contributed by atoms with E-state index in [1.807, 2.05) is 65.7 Å². The Labute approximate surface area is 243 Å². The van der Waals surface area contributed by atoms with Gasteiger partial charge in [0.25, 0.3) is 0 Å². The van der Waals surface area contributed by atoms with Gasteiger partial charge in [-0.1, -0.05) is 66.7 Å². The molecule has 1 saturated heterocycles. The van der Waals surface area contributed by atoms with Crippen LogP contribution in [0.25, 0.3) is 6.08 Å². The Bertz CT molecular complexity index is 1800. The minimum absolute atomic E-state index is 0.266. The molecule has 7 rings (SSSR count). The maximum atomic E-state index is 14.9. The molecule has 1 N–H and O–H groups in total. The smallest absolute Gasteiger partial charge is 0.238 e. The standard InChI is InChI=1S/C35H28N2O5/c1-41-24-12-7-10-22(19-24)31(38)29-30(32(39)23-11-8-13-25(20-23)42-2)37-18-17-21-9-3-4-14-26(21)33(37)35(29)27-15-5-6-16-28(27)36-34(35)40/h3-20,29-30,33H,1-2H3,(H,36,40)/t29-,30-,33-,35-/m1/s1. The van der Waals surface area contributed by atoms with Crippen LogP contribution in [0.4, 0.5) is 5.69 Å². The second kappa shape index (κ2) is 9.73. The largest absolute Gasteiger partial charge is 0.497 e. The van der Waals surface area contributed by atoms with Crippen LogP contribution < -0.4 is 14.8 Å². The van der Waals surface area contributed by atoms with Gasteiger partial charge in [0.15, 0.2) is 11.6 Å². The van der Waals surface area contributed by atoms with Crippen molar-refractivity contribution in [1.82, 2.24) is 4.90 Å². The number of carbonyl (C=O) groups excluding carboxylic acids is 3. The molecular formula is C35H28N2O5. The minimum atomic E-state index is -1.39. The molecule has 4 aromatic rings. The zero-order valence-electron chi connectivity index (χ0n) is 23.1. The number of nitrogens with zero attached hydrogens (tertiary/aromatic N) is 1. The molecular weight excluding hydrogens is 528 g/mol. The van der Waals surface area contributed by atoms with Crippen LogP contribution in [0, 0.1) is 5.92 Å². The summed E-state index contributed by atoms with van der Waals surface area (Å²) in [7, 11) is 3.09. The summed E-state index contributed by atoms with van der Waals surface area (Å²) in [5.74, 6) is -0.883. The molecule has 7 nitrogen and oxygen atoms in total. The van der Waals surface area contributed by atoms with Crippen LogP contribution in [0.2, 0.25) is 0 Å². The van der Waals surface area contributed by atoms with Gasteiger partial charge in [0.1, 0.15) is 23.0 Å². The Morgan fingerprint density at radius 2 is 1.43 bits per heavy atom. The van der Waals surface area contributed by atoms with Crippen molar-refractivity contribution in [3.63, 3.8) is 0 Å². The number of rotatable bonds is 6. The highest BCUT2D eigenvalue weighted by molar-refractivity contribution is 6.16. The van der Waals surface area contributed by atoms with Crippen molar-refractivity contribution in [2.24, 2.45) is 5.92 Å². The van der Waals surface area contributed by atoms with E-state index in [4.69, 9.17) is 9.47 Å². The average molecular weight is 557 g/mol. The second-order valence-corrected chi connectivity index (χ2v) is 10.8. The van der Waals surface area contributed by atoms with Gasteiger partial charge < -0.3 is 19.7 Å². The van der Waals surface area contributed by atoms with Gasteiger partial charge in [-0.15, -0.1) is 0 Å². The van der Waals surface area contributed by atoms with Gasteiger partial charge in [0, 0.05) is 23.0 Å². The second-order valence-electron chi connectivity index (χ2n) is 10.8. The molecule has 42 heavy (non-hydrogen) atoms. The first-order valence-corrected chi connectivity index (χ1v) is 13.8. The molecule has 0 unspecified atom stereocenters. The summed E-state index contributed by atoms with van der Waals surface area (Å²) in [6, 6.07) is 27.6. The Morgan fingerprint density at radius 1 is 0.786 bits per heavy atom. The first kappa shape index (κ1) is 25.8. The molecule has 3 heterocycles. The van der Waals surface area contributed by atoms with Gasteiger partial charge >= 0.3 is 0 Å². The molecule has 3 aliphatic rings. The number of benzene rings is 4. The van der Waals surface area contributed by atoms with Crippen molar-refractivity contribution in [2.75, 3.05) is 19.5 Å². The van der Waals surface area contributed by atoms with Crippen LogP contribution in [0.15, 0.2) is 103 Å². The van der Waals surface area contributed by atoms with Crippen molar-refractivity contribution in [3.8, 4) is 11.5 Å². The Balaban J connectivity index is 1.53. The van der Waals surface area contributed by atoms with E-state index in [-0.39, 0.29) is 17.5 Å². The Morgan fingerprint density at radius 3 is 2.14 bits per heavy atom. The van der Waals surface area contributed by atoms with Gasteiger partial charge in [-0.2, -0.15) is 0 Å². The van der Waals surface area contributed by atoms with Crippen molar-refractivity contribution in [3.05, 3.63) is 131 Å². The predicted molar refractivity (Wildman–Crippen MR) is 159 cm³/mol. The van der Waals surface area contributed by atoms with E-state index >= 15 is 0 Å². The highest BCUT2D eigenvalue weighted by atomic mass is 16.5. The highest BCUT2D eigenvalue weighted by Crippen LogP contribution is 2.62. The molecule has 0 aliphatic carbocycles. The number of amides is 1. The highest BCUT2D eigenvalue weighted by Gasteiger charge is 2.70. The van der Waals surface area contributed by atoms with E-state index in [1.54, 1.807) is 62.8 Å². The Kier molecular flexibility index (Phi) is 5.97. The number of hydrogen-bond acceptors (Lipinski definition) is 6. The van der Waals surface area contributed by atoms with Crippen LogP contribution in [-0.2, 0) is 10.2 Å². The zero-order valence-corrected chi connectivity index (χ0v) is 23.1. The predicted octanol–water partition coefficient (Wildman–Crippen LogP) is 5.69. The number of nitrogens with one attached hydrogen (secondary N) is 1. The monoisotopic (exact) mass is 556 g/mol. The quantitative estimate of drug-likeness (QED) is 0.308. The fourth-order valence-corrected chi connectivity index (χ4v) is 7.07. The first-order valence-electron chi connectivity index (χ1n) is 13.8. The van der Waals surface area contributed by atoms with Crippen LogP contribution >= 0.6 is 0 Å². The summed E-state index contributed by atoms with van der Waals surface area (Å²) < 4.78 is 10.9. The molecule has 0 aromatic heterocycles. The van der Waals surface area contributed by atoms with E-state index < -0.39 is 23.4 Å². The molecule has 7 heteroatoms. The lowest BCUT2D eigenvalue weighted by atomic mass is 9.62. The summed E-state index contributed by atoms with van der Waals surface area (Å²) in [6.45, 7) is 0. The minimum Gasteiger partial charge on any atom is -0.497 e. The van der Waals surface area contributed by atoms with Gasteiger partial charge in [0.2, 0.25) is 5.91 Å². The molecule has 4 atom stereocenters. The van der Waals surface area contributed by atoms with Crippen molar-refractivity contribution < 1.29 is 23.9 Å². The Hall–Kier alpha value is -5.17. The lowest BCUT2D eigenvalue weighted by molar-refractivity contribution is -0.122. The number of fused-ring (bicyclic) bond motifs is 6. The van der Waals surface area contributed by atoms with Gasteiger partial charge in [0.05, 0.1) is 26.2 Å². The molecule has 0 saturated carbocycles. The zero-order chi connectivity index (χ0) is 29.0. The molecule has 0 radical (unpaired) electrons. The first-order chi connectivity index (χ1) is 20.5. The maximum Gasteiger partial charge on any atom is 0.238 e. The van der Waals surface area contributed by atoms with Gasteiger partial charge in [-0.05, 0) is 53.1 Å². The fraction of sp³-hybridized carbons (Fsp3) is 0.171. The van der Waals surface area contributed by atoms with Crippen LogP contribution in [0.1, 0.15) is 43.4 Å². The summed E-state index contributed by atoms with van der Waals surface area (Å²) in [5, 5.41) is 3.07. The van der Waals surface area contributed by atoms with Crippen molar-refractivity contribution in [1.29, 1.82) is 0 Å². The molecule has 4 aromatic carbocycles. The fourth-order valence-electron chi connectivity index (χ4n) is 7.07. The number of methoxy groups -OCH3 is 2. The van der Waals surface area contributed by atoms with E-state index in [2.05, 4.69) is 5.32 Å². The SMILES string of the molecule is COc1cccc(C(=O)[C@H]2[C@H](C(=O)c3cccc(OC)c3)[C@@]3(C(=O)Nc4ccccc43)[C@H]3c4ccccc4C=CN23)c1. The van der Waals surface area contributed by atoms with Crippen LogP contribution in [0.3, 0.4) is 0 Å². The van der Waals surface area contributed by atoms with E-state index in [9.17, 15) is 14.4 Å². The summed E-state index contributed by atoms with van der Waals surface area (Å²) in [5.41, 5.74) is 2.56. The van der Waals surface area contributed by atoms with Crippen LogP contribution in [-0.4, -0.2) is 42.6 Å². The molecule has 1 fully saturated rings. The summed E-state index contributed by atoms with van der Waals surface area (Å²) >= 11 is 0. The van der Waals surface area contributed by atoms with Crippen molar-refractivity contribution >= 4 is 29.2 Å². The number of ether oxygens (including phenoxy) is 2. The van der Waals surface area contributed by atoms with E-state index in [1.165, 1.54) is 0 Å². The number of hydrogen-bond donors (Lipinski definition) is 1. The molecule has 1 spiro atoms. The number of ketones is 2. The normalized spacial score (nSPS) is 23.1. The summed E-state index contributed by atoms with van der Waals surface area (Å²) in [6.07, 6.45) is 3.81. The molecule has 1 amide bonds. The molecule has 3 aliphatic heterocycles. The van der Waals surface area contributed by atoms with Crippen molar-refractivity contribution in [2.45, 2.75) is 17.5 Å². The topological polar surface area (TPSA) is 84.9 Å². The maximum absolute atomic E-state index is 14.9. The number of carbonyl (C=O) groups is 3. The number of para-hydroxylation sites is 1. The van der Waals surface area contributed by atoms with Gasteiger partial charge in [-0.25, -0.2) is 0 Å². The third-order valence-corrected chi connectivity index (χ3v) is 8.83. The number of Topliss-reactive ketones (excluding diaryl/α,β-unsaturated/α-hetero) is 2. The summed E-state index contributed by atoms with van der Waals surface area (Å²) in [4.78, 5) is 46.0. The third kappa shape index (κ3) is 3.56. The van der Waals surface area contributed by atoms with Crippen LogP contribution in [0.5, 0.6) is 11.5 Å². The van der Waals surface area contributed by atoms with Gasteiger partial charge in [-0.3, -0.25) is 14.4 Å². The molecule has 0 bridgehead atoms. The third-order valence-electron chi connectivity index (χ3n) is 8.83. The van der Waals surface area contributed by atoms with E-state index in [0.29, 0.717) is 33.9 Å². The lowest BCUT2D eigenvalue weighted by Gasteiger charge is -2.38. The van der Waals surface area contributed by atoms with E-state index in [0.717, 1.165) is 11.1 Å². The lowest BCUT2D eigenvalue weighted by Crippen LogP contribution is -2.49.